The molecule has 3 N–H and O–H groups in total. The van der Waals surface area contributed by atoms with Crippen molar-refractivity contribution in [2.75, 3.05) is 5.32 Å². The molecule has 0 saturated heterocycles. The van der Waals surface area contributed by atoms with Gasteiger partial charge in [0.25, 0.3) is 5.91 Å². The van der Waals surface area contributed by atoms with Gasteiger partial charge in [0.2, 0.25) is 0 Å². The van der Waals surface area contributed by atoms with Gasteiger partial charge < -0.3 is 11.1 Å². The van der Waals surface area contributed by atoms with Crippen LogP contribution in [-0.2, 0) is 6.54 Å². The maximum Gasteiger partial charge on any atom is 0.255 e. The van der Waals surface area contributed by atoms with Gasteiger partial charge in [-0.2, -0.15) is 0 Å². The van der Waals surface area contributed by atoms with Gasteiger partial charge in [-0.1, -0.05) is 12.1 Å². The van der Waals surface area contributed by atoms with E-state index in [0.29, 0.717) is 12.1 Å². The van der Waals surface area contributed by atoms with Crippen LogP contribution in [0.4, 0.5) is 5.69 Å². The number of carbonyl (C=O) groups is 1. The number of pyridine rings is 1. The number of rotatable bonds is 3. The van der Waals surface area contributed by atoms with E-state index >= 15 is 0 Å². The minimum absolute atomic E-state index is 0.149. The number of anilines is 1. The van der Waals surface area contributed by atoms with Gasteiger partial charge in [-0.25, -0.2) is 0 Å². The molecule has 0 aliphatic heterocycles. The molecule has 19 heavy (non-hydrogen) atoms. The van der Waals surface area contributed by atoms with Crippen molar-refractivity contribution < 1.29 is 4.79 Å². The third-order valence-electron chi connectivity index (χ3n) is 2.90. The van der Waals surface area contributed by atoms with Crippen LogP contribution in [0.3, 0.4) is 0 Å². The lowest BCUT2D eigenvalue weighted by atomic mass is 10.1. The maximum absolute atomic E-state index is 12.1. The minimum atomic E-state index is -0.149. The van der Waals surface area contributed by atoms with Crippen LogP contribution in [-0.4, -0.2) is 10.9 Å². The molecule has 0 aliphatic carbocycles. The third kappa shape index (κ3) is 3.17. The average molecular weight is 255 g/mol. The van der Waals surface area contributed by atoms with Crippen LogP contribution in [0.5, 0.6) is 0 Å². The quantitative estimate of drug-likeness (QED) is 0.885. The summed E-state index contributed by atoms with van der Waals surface area (Å²) in [6, 6.07) is 11.0. The van der Waals surface area contributed by atoms with Crippen molar-refractivity contribution in [2.24, 2.45) is 5.73 Å². The second kappa shape index (κ2) is 5.63. The van der Waals surface area contributed by atoms with E-state index in [1.54, 1.807) is 12.1 Å². The first-order valence-electron chi connectivity index (χ1n) is 6.15. The highest BCUT2D eigenvalue weighted by atomic mass is 16.1. The van der Waals surface area contributed by atoms with E-state index in [2.05, 4.69) is 10.3 Å². The molecule has 0 spiro atoms. The molecule has 4 heteroatoms. The minimum Gasteiger partial charge on any atom is -0.326 e. The first-order valence-corrected chi connectivity index (χ1v) is 6.15. The van der Waals surface area contributed by atoms with Crippen LogP contribution < -0.4 is 11.1 Å². The molecule has 0 aliphatic rings. The van der Waals surface area contributed by atoms with Crippen LogP contribution in [0.2, 0.25) is 0 Å². The molecule has 0 atom stereocenters. The van der Waals surface area contributed by atoms with Crippen molar-refractivity contribution in [1.82, 2.24) is 4.98 Å². The SMILES string of the molecule is Cc1ccc(NC(=O)c2cccc(CN)c2)c(C)n1. The second-order valence-electron chi connectivity index (χ2n) is 4.44. The van der Waals surface area contributed by atoms with Crippen molar-refractivity contribution in [3.05, 3.63) is 58.9 Å². The number of amides is 1. The van der Waals surface area contributed by atoms with E-state index in [9.17, 15) is 4.79 Å². The zero-order chi connectivity index (χ0) is 13.8. The maximum atomic E-state index is 12.1. The van der Waals surface area contributed by atoms with Gasteiger partial charge in [0.1, 0.15) is 0 Å². The Kier molecular flexibility index (Phi) is 3.92. The summed E-state index contributed by atoms with van der Waals surface area (Å²) in [6.45, 7) is 4.22. The lowest BCUT2D eigenvalue weighted by Gasteiger charge is -2.09. The highest BCUT2D eigenvalue weighted by molar-refractivity contribution is 6.04. The highest BCUT2D eigenvalue weighted by Crippen LogP contribution is 2.14. The van der Waals surface area contributed by atoms with Crippen molar-refractivity contribution in [3.8, 4) is 0 Å². The summed E-state index contributed by atoms with van der Waals surface area (Å²) in [5, 5.41) is 2.86. The molecule has 2 aromatic rings. The van der Waals surface area contributed by atoms with Crippen molar-refractivity contribution in [3.63, 3.8) is 0 Å². The first-order chi connectivity index (χ1) is 9.10. The molecule has 1 amide bonds. The number of nitrogens with two attached hydrogens (primary N) is 1. The van der Waals surface area contributed by atoms with E-state index in [4.69, 9.17) is 5.73 Å². The fraction of sp³-hybridized carbons (Fsp3) is 0.200. The molecule has 0 radical (unpaired) electrons. The number of nitrogens with zero attached hydrogens (tertiary/aromatic N) is 1. The molecule has 4 nitrogen and oxygen atoms in total. The summed E-state index contributed by atoms with van der Waals surface area (Å²) < 4.78 is 0. The predicted molar refractivity (Wildman–Crippen MR) is 76.0 cm³/mol. The van der Waals surface area contributed by atoms with Gasteiger partial charge in [0, 0.05) is 17.8 Å². The van der Waals surface area contributed by atoms with Crippen LogP contribution in [0, 0.1) is 13.8 Å². The topological polar surface area (TPSA) is 68.0 Å². The van der Waals surface area contributed by atoms with Gasteiger partial charge >= 0.3 is 0 Å². The lowest BCUT2D eigenvalue weighted by molar-refractivity contribution is 0.102. The van der Waals surface area contributed by atoms with Gasteiger partial charge in [0.05, 0.1) is 11.4 Å². The fourth-order valence-electron chi connectivity index (χ4n) is 1.85. The second-order valence-corrected chi connectivity index (χ2v) is 4.44. The molecule has 98 valence electrons. The van der Waals surface area contributed by atoms with Crippen LogP contribution in [0.25, 0.3) is 0 Å². The lowest BCUT2D eigenvalue weighted by Crippen LogP contribution is -2.14. The Hall–Kier alpha value is -2.20. The molecule has 1 aromatic carbocycles. The van der Waals surface area contributed by atoms with Crippen molar-refractivity contribution in [1.29, 1.82) is 0 Å². The largest absolute Gasteiger partial charge is 0.326 e. The smallest absolute Gasteiger partial charge is 0.255 e. The molecule has 0 unspecified atom stereocenters. The van der Waals surface area contributed by atoms with Gasteiger partial charge in [0.15, 0.2) is 0 Å². The number of benzene rings is 1. The zero-order valence-corrected chi connectivity index (χ0v) is 11.1. The van der Waals surface area contributed by atoms with Crippen LogP contribution in [0.1, 0.15) is 27.3 Å². The Labute approximate surface area is 112 Å². The summed E-state index contributed by atoms with van der Waals surface area (Å²) in [4.78, 5) is 16.5. The number of carbonyl (C=O) groups excluding carboxylic acids is 1. The molecule has 2 rings (SSSR count). The summed E-state index contributed by atoms with van der Waals surface area (Å²) in [5.41, 5.74) is 9.58. The van der Waals surface area contributed by atoms with Crippen LogP contribution in [0.15, 0.2) is 36.4 Å². The van der Waals surface area contributed by atoms with Crippen molar-refractivity contribution in [2.45, 2.75) is 20.4 Å². The summed E-state index contributed by atoms with van der Waals surface area (Å²) in [7, 11) is 0. The molecule has 0 saturated carbocycles. The molecule has 0 bridgehead atoms. The van der Waals surface area contributed by atoms with E-state index in [1.165, 1.54) is 0 Å². The Balaban J connectivity index is 2.20. The third-order valence-corrected chi connectivity index (χ3v) is 2.90. The standard InChI is InChI=1S/C15H17N3O/c1-10-6-7-14(11(2)17-10)18-15(19)13-5-3-4-12(8-13)9-16/h3-8H,9,16H2,1-2H3,(H,18,19). The fourth-order valence-corrected chi connectivity index (χ4v) is 1.85. The van der Waals surface area contributed by atoms with Crippen molar-refractivity contribution >= 4 is 11.6 Å². The normalized spacial score (nSPS) is 10.3. The number of aromatic nitrogens is 1. The summed E-state index contributed by atoms with van der Waals surface area (Å²) >= 11 is 0. The van der Waals surface area contributed by atoms with E-state index in [-0.39, 0.29) is 5.91 Å². The summed E-state index contributed by atoms with van der Waals surface area (Å²) in [5.74, 6) is -0.149. The van der Waals surface area contributed by atoms with Gasteiger partial charge in [-0.15, -0.1) is 0 Å². The number of nitrogens with one attached hydrogen (secondary N) is 1. The number of aryl methyl sites for hydroxylation is 2. The Morgan fingerprint density at radius 1 is 1.26 bits per heavy atom. The number of hydrogen-bond donors (Lipinski definition) is 2. The first kappa shape index (κ1) is 13.2. The van der Waals surface area contributed by atoms with E-state index in [1.807, 2.05) is 38.1 Å². The molecular formula is C15H17N3O. The van der Waals surface area contributed by atoms with Gasteiger partial charge in [-0.05, 0) is 43.7 Å². The highest BCUT2D eigenvalue weighted by Gasteiger charge is 2.08. The Bertz CT molecular complexity index is 608. The van der Waals surface area contributed by atoms with E-state index in [0.717, 1.165) is 22.6 Å². The van der Waals surface area contributed by atoms with Crippen LogP contribution >= 0.6 is 0 Å². The average Bonchev–Trinajstić information content (AvgIpc) is 2.42. The molecule has 1 aromatic heterocycles. The zero-order valence-electron chi connectivity index (χ0n) is 11.1. The van der Waals surface area contributed by atoms with Gasteiger partial charge in [-0.3, -0.25) is 9.78 Å². The number of hydrogen-bond acceptors (Lipinski definition) is 3. The predicted octanol–water partition coefficient (Wildman–Crippen LogP) is 2.41. The molecular weight excluding hydrogens is 238 g/mol. The Morgan fingerprint density at radius 3 is 2.74 bits per heavy atom. The van der Waals surface area contributed by atoms with E-state index < -0.39 is 0 Å². The summed E-state index contributed by atoms with van der Waals surface area (Å²) in [6.07, 6.45) is 0. The molecule has 1 heterocycles. The monoisotopic (exact) mass is 255 g/mol. The molecule has 0 fully saturated rings. The Morgan fingerprint density at radius 2 is 2.05 bits per heavy atom.